The van der Waals surface area contributed by atoms with Crippen LogP contribution in [0.5, 0.6) is 0 Å². The first-order valence-corrected chi connectivity index (χ1v) is 4.74. The molecule has 0 heterocycles. The molecule has 0 saturated heterocycles. The minimum Gasteiger partial charge on any atom is -0.304 e. The normalized spacial score (nSPS) is 11.8. The van der Waals surface area contributed by atoms with Crippen molar-refractivity contribution in [2.45, 2.75) is 26.2 Å². The van der Waals surface area contributed by atoms with Crippen molar-refractivity contribution >= 4 is 0 Å². The Hall–Kier alpha value is -1.00. The summed E-state index contributed by atoms with van der Waals surface area (Å²) < 4.78 is 26.4. The zero-order valence-corrected chi connectivity index (χ0v) is 8.89. The van der Waals surface area contributed by atoms with Gasteiger partial charge in [-0.15, -0.1) is 0 Å². The van der Waals surface area contributed by atoms with Gasteiger partial charge in [0.2, 0.25) is 0 Å². The van der Waals surface area contributed by atoms with Crippen molar-refractivity contribution in [1.82, 2.24) is 0 Å². The van der Waals surface area contributed by atoms with Crippen molar-refractivity contribution < 1.29 is 13.6 Å². The van der Waals surface area contributed by atoms with Crippen LogP contribution in [0.1, 0.15) is 23.6 Å². The number of halogens is 2. The van der Waals surface area contributed by atoms with Crippen molar-refractivity contribution in [1.29, 1.82) is 0 Å². The number of alkyl halides is 2. The van der Waals surface area contributed by atoms with Gasteiger partial charge in [0, 0.05) is 12.5 Å². The van der Waals surface area contributed by atoms with Crippen LogP contribution in [-0.4, -0.2) is 6.61 Å². The van der Waals surface area contributed by atoms with Gasteiger partial charge in [-0.25, -0.2) is 14.7 Å². The van der Waals surface area contributed by atoms with Crippen molar-refractivity contribution in [3.8, 4) is 0 Å². The van der Waals surface area contributed by atoms with Crippen LogP contribution in [0, 0.1) is 6.92 Å². The van der Waals surface area contributed by atoms with Crippen molar-refractivity contribution in [2.24, 2.45) is 5.90 Å². The maximum atomic E-state index is 13.2. The fraction of sp³-hybridized carbons (Fsp3) is 0.455. The van der Waals surface area contributed by atoms with Crippen LogP contribution >= 0.6 is 0 Å². The molecule has 0 bridgehead atoms. The Morgan fingerprint density at radius 1 is 1.40 bits per heavy atom. The highest BCUT2D eigenvalue weighted by atomic mass is 19.3. The maximum absolute atomic E-state index is 13.2. The van der Waals surface area contributed by atoms with E-state index in [-0.39, 0.29) is 12.2 Å². The molecule has 1 aromatic carbocycles. The lowest BCUT2D eigenvalue weighted by Crippen LogP contribution is -2.13. The van der Waals surface area contributed by atoms with E-state index in [4.69, 9.17) is 5.90 Å². The average Bonchev–Trinajstić information content (AvgIpc) is 2.12. The molecule has 0 radical (unpaired) electrons. The Balaban J connectivity index is 3.03. The number of rotatable bonds is 4. The number of benzene rings is 1. The van der Waals surface area contributed by atoms with Crippen molar-refractivity contribution in [3.63, 3.8) is 0 Å². The predicted octanol–water partition coefficient (Wildman–Crippen LogP) is 2.54. The molecule has 4 heteroatoms. The third-order valence-electron chi connectivity index (χ3n) is 2.22. The summed E-state index contributed by atoms with van der Waals surface area (Å²) in [6.45, 7) is 3.00. The third kappa shape index (κ3) is 3.25. The summed E-state index contributed by atoms with van der Waals surface area (Å²) in [4.78, 5) is 4.41. The Morgan fingerprint density at radius 2 is 2.07 bits per heavy atom. The summed E-state index contributed by atoms with van der Waals surface area (Å²) in [6.07, 6.45) is 0.400. The van der Waals surface area contributed by atoms with Crippen LogP contribution in [0.3, 0.4) is 0 Å². The molecule has 2 N–H and O–H groups in total. The van der Waals surface area contributed by atoms with Crippen LogP contribution in [0.2, 0.25) is 0 Å². The molecular weight excluding hydrogens is 200 g/mol. The first kappa shape index (κ1) is 12.1. The van der Waals surface area contributed by atoms with E-state index < -0.39 is 5.92 Å². The van der Waals surface area contributed by atoms with E-state index in [0.717, 1.165) is 12.5 Å². The van der Waals surface area contributed by atoms with E-state index >= 15 is 0 Å². The minimum absolute atomic E-state index is 0.0464. The smallest absolute Gasteiger partial charge is 0.270 e. The number of hydrogen-bond donors (Lipinski definition) is 1. The molecule has 1 aromatic rings. The standard InChI is InChI=1S/C11H15F2NO/c1-8-3-4-10(11(2,12)13)9(7-8)5-6-15-14/h3-4,7H,5-6,14H2,1-2H3. The van der Waals surface area contributed by atoms with Gasteiger partial charge in [-0.3, -0.25) is 0 Å². The van der Waals surface area contributed by atoms with Gasteiger partial charge in [0.05, 0.1) is 6.61 Å². The highest BCUT2D eigenvalue weighted by molar-refractivity contribution is 5.34. The van der Waals surface area contributed by atoms with Crippen LogP contribution in [-0.2, 0) is 17.2 Å². The van der Waals surface area contributed by atoms with Gasteiger partial charge in [0.15, 0.2) is 0 Å². The van der Waals surface area contributed by atoms with Crippen LogP contribution in [0.25, 0.3) is 0 Å². The Kier molecular flexibility index (Phi) is 3.77. The molecule has 0 aliphatic rings. The molecule has 0 unspecified atom stereocenters. The molecule has 0 aromatic heterocycles. The molecule has 15 heavy (non-hydrogen) atoms. The summed E-state index contributed by atoms with van der Waals surface area (Å²) in [5.74, 6) is 2.06. The largest absolute Gasteiger partial charge is 0.304 e. The summed E-state index contributed by atoms with van der Waals surface area (Å²) >= 11 is 0. The molecule has 0 atom stereocenters. The molecule has 0 spiro atoms. The highest BCUT2D eigenvalue weighted by Gasteiger charge is 2.26. The van der Waals surface area contributed by atoms with Crippen LogP contribution < -0.4 is 5.90 Å². The summed E-state index contributed by atoms with van der Waals surface area (Å²) in [5.41, 5.74) is 1.59. The Morgan fingerprint density at radius 3 is 2.60 bits per heavy atom. The lowest BCUT2D eigenvalue weighted by molar-refractivity contribution is 0.0161. The number of aryl methyl sites for hydroxylation is 1. The van der Waals surface area contributed by atoms with E-state index in [1.807, 2.05) is 6.92 Å². The molecule has 2 nitrogen and oxygen atoms in total. The molecule has 84 valence electrons. The fourth-order valence-corrected chi connectivity index (χ4v) is 1.53. The topological polar surface area (TPSA) is 35.2 Å². The summed E-state index contributed by atoms with van der Waals surface area (Å²) in [5, 5.41) is 0. The summed E-state index contributed by atoms with van der Waals surface area (Å²) in [6, 6.07) is 4.88. The Labute approximate surface area is 88.0 Å². The minimum atomic E-state index is -2.82. The molecule has 0 fully saturated rings. The molecular formula is C11H15F2NO. The predicted molar refractivity (Wildman–Crippen MR) is 54.6 cm³/mol. The van der Waals surface area contributed by atoms with E-state index in [0.29, 0.717) is 12.0 Å². The lowest BCUT2D eigenvalue weighted by Gasteiger charge is -2.16. The molecule has 0 saturated carbocycles. The Bertz CT molecular complexity index is 334. The van der Waals surface area contributed by atoms with E-state index in [1.165, 1.54) is 6.07 Å². The van der Waals surface area contributed by atoms with E-state index in [2.05, 4.69) is 4.84 Å². The van der Waals surface area contributed by atoms with Gasteiger partial charge in [-0.05, 0) is 18.9 Å². The van der Waals surface area contributed by atoms with Crippen LogP contribution in [0.4, 0.5) is 8.78 Å². The first-order chi connectivity index (χ1) is 6.95. The van der Waals surface area contributed by atoms with Gasteiger partial charge < -0.3 is 4.84 Å². The van der Waals surface area contributed by atoms with Crippen molar-refractivity contribution in [2.75, 3.05) is 6.61 Å². The quantitative estimate of drug-likeness (QED) is 0.783. The summed E-state index contributed by atoms with van der Waals surface area (Å²) in [7, 11) is 0. The van der Waals surface area contributed by atoms with E-state index in [9.17, 15) is 8.78 Å². The van der Waals surface area contributed by atoms with Crippen molar-refractivity contribution in [3.05, 3.63) is 34.9 Å². The number of hydrogen-bond acceptors (Lipinski definition) is 2. The monoisotopic (exact) mass is 215 g/mol. The van der Waals surface area contributed by atoms with Crippen LogP contribution in [0.15, 0.2) is 18.2 Å². The lowest BCUT2D eigenvalue weighted by atomic mass is 9.98. The SMILES string of the molecule is Cc1ccc(C(C)(F)F)c(CCON)c1. The van der Waals surface area contributed by atoms with E-state index in [1.54, 1.807) is 12.1 Å². The van der Waals surface area contributed by atoms with Gasteiger partial charge in [0.25, 0.3) is 5.92 Å². The second-order valence-corrected chi connectivity index (χ2v) is 3.67. The third-order valence-corrected chi connectivity index (χ3v) is 2.22. The number of nitrogens with two attached hydrogens (primary N) is 1. The maximum Gasteiger partial charge on any atom is 0.270 e. The molecule has 0 aliphatic heterocycles. The van der Waals surface area contributed by atoms with Gasteiger partial charge in [-0.2, -0.15) is 0 Å². The van der Waals surface area contributed by atoms with Gasteiger partial charge in [-0.1, -0.05) is 23.8 Å². The molecule has 0 aliphatic carbocycles. The van der Waals surface area contributed by atoms with Gasteiger partial charge in [0.1, 0.15) is 0 Å². The molecule has 1 rings (SSSR count). The zero-order chi connectivity index (χ0) is 11.5. The fourth-order valence-electron chi connectivity index (χ4n) is 1.53. The zero-order valence-electron chi connectivity index (χ0n) is 8.89. The second kappa shape index (κ2) is 4.68. The molecule has 0 amide bonds. The average molecular weight is 215 g/mol. The van der Waals surface area contributed by atoms with Gasteiger partial charge >= 0.3 is 0 Å². The first-order valence-electron chi connectivity index (χ1n) is 4.74. The second-order valence-electron chi connectivity index (χ2n) is 3.67. The highest BCUT2D eigenvalue weighted by Crippen LogP contribution is 2.30.